The van der Waals surface area contributed by atoms with Crippen LogP contribution in [0.1, 0.15) is 18.4 Å². The number of benzene rings is 3. The van der Waals surface area contributed by atoms with E-state index in [9.17, 15) is 13.2 Å². The molecule has 0 atom stereocenters. The van der Waals surface area contributed by atoms with Gasteiger partial charge < -0.3 is 5.32 Å². The van der Waals surface area contributed by atoms with Crippen molar-refractivity contribution in [2.75, 3.05) is 18.4 Å². The van der Waals surface area contributed by atoms with Gasteiger partial charge in [-0.25, -0.2) is 12.7 Å². The zero-order valence-corrected chi connectivity index (χ0v) is 21.2. The van der Waals surface area contributed by atoms with Gasteiger partial charge in [0.05, 0.1) is 11.4 Å². The average molecular weight is 546 g/mol. The third-order valence-corrected chi connectivity index (χ3v) is 9.00. The Morgan fingerprint density at radius 3 is 2.39 bits per heavy atom. The van der Waals surface area contributed by atoms with Gasteiger partial charge in [0.2, 0.25) is 15.9 Å². The number of hydrogen-bond acceptors (Lipinski definition) is 4. The molecule has 8 heteroatoms. The van der Waals surface area contributed by atoms with Crippen LogP contribution in [0.15, 0.2) is 93.1 Å². The summed E-state index contributed by atoms with van der Waals surface area (Å²) in [6, 6.07) is 25.1. The van der Waals surface area contributed by atoms with Crippen molar-refractivity contribution < 1.29 is 13.2 Å². The number of halogens is 1. The molecule has 0 spiro atoms. The third-order valence-electron chi connectivity index (χ3n) is 5.57. The van der Waals surface area contributed by atoms with Crippen LogP contribution in [-0.4, -0.2) is 31.7 Å². The van der Waals surface area contributed by atoms with Crippen molar-refractivity contribution in [3.8, 4) is 0 Å². The molecule has 0 saturated carbocycles. The lowest BCUT2D eigenvalue weighted by molar-refractivity contribution is -0.120. The number of carbonyl (C=O) groups excluding carboxylic acids is 1. The quantitative estimate of drug-likeness (QED) is 0.409. The van der Waals surface area contributed by atoms with Gasteiger partial charge in [-0.3, -0.25) is 4.79 Å². The first-order valence-corrected chi connectivity index (χ1v) is 14.0. The first kappa shape index (κ1) is 24.0. The van der Waals surface area contributed by atoms with Crippen molar-refractivity contribution in [1.82, 2.24) is 4.31 Å². The number of anilines is 1. The van der Waals surface area contributed by atoms with E-state index < -0.39 is 10.0 Å². The summed E-state index contributed by atoms with van der Waals surface area (Å²) in [5.41, 5.74) is 1.53. The number of para-hydroxylation sites is 1. The Hall–Kier alpha value is -2.13. The largest absolute Gasteiger partial charge is 0.325 e. The molecule has 1 heterocycles. The highest BCUT2D eigenvalue weighted by Crippen LogP contribution is 2.34. The normalized spacial score (nSPS) is 15.3. The lowest BCUT2D eigenvalue weighted by Crippen LogP contribution is -2.41. The fourth-order valence-electron chi connectivity index (χ4n) is 3.83. The minimum atomic E-state index is -3.43. The molecule has 1 aliphatic rings. The van der Waals surface area contributed by atoms with Gasteiger partial charge in [0.15, 0.2) is 0 Å². The van der Waals surface area contributed by atoms with Gasteiger partial charge in [0.1, 0.15) is 0 Å². The highest BCUT2D eigenvalue weighted by molar-refractivity contribution is 9.10. The van der Waals surface area contributed by atoms with Gasteiger partial charge in [-0.1, -0.05) is 70.2 Å². The smallest absolute Gasteiger partial charge is 0.227 e. The lowest BCUT2D eigenvalue weighted by Gasteiger charge is -2.30. The second-order valence-electron chi connectivity index (χ2n) is 7.96. The summed E-state index contributed by atoms with van der Waals surface area (Å²) in [5.74, 6) is -0.301. The first-order chi connectivity index (χ1) is 15.9. The average Bonchev–Trinajstić information content (AvgIpc) is 2.81. The molecule has 0 aromatic heterocycles. The zero-order chi connectivity index (χ0) is 23.3. The van der Waals surface area contributed by atoms with Gasteiger partial charge in [0, 0.05) is 33.3 Å². The zero-order valence-electron chi connectivity index (χ0n) is 18.0. The minimum Gasteiger partial charge on any atom is -0.325 e. The van der Waals surface area contributed by atoms with Gasteiger partial charge >= 0.3 is 0 Å². The Morgan fingerprint density at radius 1 is 0.970 bits per heavy atom. The lowest BCUT2D eigenvalue weighted by atomic mass is 9.97. The number of nitrogens with one attached hydrogen (secondary N) is 1. The molecular formula is C25H25BrN2O3S2. The summed E-state index contributed by atoms with van der Waals surface area (Å²) < 4.78 is 28.1. The van der Waals surface area contributed by atoms with Crippen LogP contribution in [0.5, 0.6) is 0 Å². The molecule has 4 rings (SSSR count). The van der Waals surface area contributed by atoms with Crippen LogP contribution >= 0.6 is 27.7 Å². The summed E-state index contributed by atoms with van der Waals surface area (Å²) in [5, 5.41) is 3.07. The number of nitrogens with zero attached hydrogens (tertiary/aromatic N) is 1. The fraction of sp³-hybridized carbons (Fsp3) is 0.240. The topological polar surface area (TPSA) is 66.5 Å². The Morgan fingerprint density at radius 2 is 1.67 bits per heavy atom. The summed E-state index contributed by atoms with van der Waals surface area (Å²) >= 11 is 4.99. The van der Waals surface area contributed by atoms with E-state index in [1.54, 1.807) is 11.8 Å². The number of carbonyl (C=O) groups is 1. The highest BCUT2D eigenvalue weighted by Gasteiger charge is 2.31. The van der Waals surface area contributed by atoms with E-state index in [-0.39, 0.29) is 17.6 Å². The van der Waals surface area contributed by atoms with Crippen LogP contribution in [0.3, 0.4) is 0 Å². The van der Waals surface area contributed by atoms with E-state index in [0.717, 1.165) is 25.5 Å². The van der Waals surface area contributed by atoms with E-state index in [4.69, 9.17) is 0 Å². The van der Waals surface area contributed by atoms with Crippen LogP contribution in [0.25, 0.3) is 0 Å². The number of sulfonamides is 1. The van der Waals surface area contributed by atoms with Crippen molar-refractivity contribution in [1.29, 1.82) is 0 Å². The second-order valence-corrected chi connectivity index (χ2v) is 12.0. The molecule has 1 fully saturated rings. The maximum Gasteiger partial charge on any atom is 0.227 e. The van der Waals surface area contributed by atoms with E-state index in [0.29, 0.717) is 25.9 Å². The van der Waals surface area contributed by atoms with E-state index in [2.05, 4.69) is 21.2 Å². The molecule has 1 N–H and O–H groups in total. The van der Waals surface area contributed by atoms with Crippen LogP contribution in [0.4, 0.5) is 5.69 Å². The molecule has 0 unspecified atom stereocenters. The van der Waals surface area contributed by atoms with Crippen molar-refractivity contribution in [2.45, 2.75) is 28.4 Å². The number of hydrogen-bond donors (Lipinski definition) is 1. The summed E-state index contributed by atoms with van der Waals surface area (Å²) in [6.45, 7) is 0.712. The van der Waals surface area contributed by atoms with E-state index >= 15 is 0 Å². The predicted octanol–water partition coefficient (Wildman–Crippen LogP) is 5.78. The molecule has 5 nitrogen and oxygen atoms in total. The third kappa shape index (κ3) is 6.47. The van der Waals surface area contributed by atoms with Gasteiger partial charge in [-0.05, 0) is 54.8 Å². The van der Waals surface area contributed by atoms with Crippen molar-refractivity contribution in [3.63, 3.8) is 0 Å². The number of amides is 1. The van der Waals surface area contributed by atoms with Gasteiger partial charge in [0.25, 0.3) is 0 Å². The van der Waals surface area contributed by atoms with Crippen molar-refractivity contribution in [3.05, 3.63) is 88.9 Å². The highest BCUT2D eigenvalue weighted by atomic mass is 79.9. The summed E-state index contributed by atoms with van der Waals surface area (Å²) in [4.78, 5) is 15.0. The van der Waals surface area contributed by atoms with E-state index in [1.807, 2.05) is 78.9 Å². The molecule has 1 aliphatic heterocycles. The SMILES string of the molecule is O=C(Nc1ccccc1Sc1ccccc1)C1CCN(S(=O)(=O)Cc2cccc(Br)c2)CC1. The molecule has 3 aromatic rings. The Kier molecular flexibility index (Phi) is 7.90. The molecular weight excluding hydrogens is 520 g/mol. The predicted molar refractivity (Wildman–Crippen MR) is 137 cm³/mol. The molecule has 0 aliphatic carbocycles. The fourth-order valence-corrected chi connectivity index (χ4v) is 6.75. The standard InChI is InChI=1S/C25H25BrN2O3S2/c26-21-8-6-7-19(17-21)18-33(30,31)28-15-13-20(14-16-28)25(29)27-23-11-4-5-12-24(23)32-22-9-2-1-3-10-22/h1-12,17,20H,13-16,18H2,(H,27,29). The Balaban J connectivity index is 1.35. The van der Waals surface area contributed by atoms with Crippen LogP contribution in [0.2, 0.25) is 0 Å². The number of rotatable bonds is 7. The van der Waals surface area contributed by atoms with Gasteiger partial charge in [-0.2, -0.15) is 0 Å². The molecule has 172 valence electrons. The molecule has 0 radical (unpaired) electrons. The molecule has 1 amide bonds. The second kappa shape index (κ2) is 10.9. The molecule has 33 heavy (non-hydrogen) atoms. The van der Waals surface area contributed by atoms with Crippen LogP contribution < -0.4 is 5.32 Å². The molecule has 3 aromatic carbocycles. The first-order valence-electron chi connectivity index (χ1n) is 10.8. The van der Waals surface area contributed by atoms with Crippen molar-refractivity contribution >= 4 is 49.3 Å². The maximum absolute atomic E-state index is 13.0. The Labute approximate surface area is 207 Å². The van der Waals surface area contributed by atoms with Gasteiger partial charge in [-0.15, -0.1) is 0 Å². The minimum absolute atomic E-state index is 0.0343. The van der Waals surface area contributed by atoms with E-state index in [1.165, 1.54) is 4.31 Å². The molecule has 1 saturated heterocycles. The maximum atomic E-state index is 13.0. The summed E-state index contributed by atoms with van der Waals surface area (Å²) in [7, 11) is -3.43. The number of piperidine rings is 1. The summed E-state index contributed by atoms with van der Waals surface area (Å²) in [6.07, 6.45) is 1.02. The van der Waals surface area contributed by atoms with Crippen LogP contribution in [0, 0.1) is 5.92 Å². The van der Waals surface area contributed by atoms with Crippen molar-refractivity contribution in [2.24, 2.45) is 5.92 Å². The molecule has 0 bridgehead atoms. The van der Waals surface area contributed by atoms with Crippen LogP contribution in [-0.2, 0) is 20.6 Å². The Bertz CT molecular complexity index is 1210. The monoisotopic (exact) mass is 544 g/mol.